The van der Waals surface area contributed by atoms with Crippen molar-refractivity contribution in [1.82, 2.24) is 0 Å². The van der Waals surface area contributed by atoms with Crippen LogP contribution in [0, 0.1) is 23.7 Å². The quantitative estimate of drug-likeness (QED) is 0.391. The molecule has 0 aromatic rings. The number of rotatable bonds is 3. The zero-order valence-electron chi connectivity index (χ0n) is 9.32. The standard InChI is InChI=1S/C14H20O/c15-4-2-1-3-14-12-6-10-5-11(8-12)9-13(14)7-10/h3-4,10-13H,1-2,5-9H2. The SMILES string of the molecule is O=CCCC=C1C2CC3CC(C2)CC1C3. The van der Waals surface area contributed by atoms with E-state index in [9.17, 15) is 4.79 Å². The van der Waals surface area contributed by atoms with Crippen LogP contribution in [0.3, 0.4) is 0 Å². The molecule has 4 saturated carbocycles. The van der Waals surface area contributed by atoms with E-state index >= 15 is 0 Å². The number of unbranched alkanes of at least 4 members (excludes halogenated alkanes) is 1. The number of allylic oxidation sites excluding steroid dienone is 2. The first-order valence-corrected chi connectivity index (χ1v) is 6.50. The van der Waals surface area contributed by atoms with Crippen LogP contribution in [0.15, 0.2) is 11.6 Å². The van der Waals surface area contributed by atoms with Crippen LogP contribution in [0.4, 0.5) is 0 Å². The van der Waals surface area contributed by atoms with E-state index in [4.69, 9.17) is 0 Å². The Labute approximate surface area is 91.9 Å². The lowest BCUT2D eigenvalue weighted by atomic mass is 9.54. The van der Waals surface area contributed by atoms with Crippen LogP contribution >= 0.6 is 0 Å². The third-order valence-corrected chi connectivity index (χ3v) is 4.75. The van der Waals surface area contributed by atoms with Gasteiger partial charge >= 0.3 is 0 Å². The first-order valence-electron chi connectivity index (χ1n) is 6.50. The number of carbonyl (C=O) groups is 1. The Kier molecular flexibility index (Phi) is 2.42. The number of carbonyl (C=O) groups excluding carboxylic acids is 1. The van der Waals surface area contributed by atoms with Crippen molar-refractivity contribution in [1.29, 1.82) is 0 Å². The smallest absolute Gasteiger partial charge is 0.120 e. The second-order valence-corrected chi connectivity index (χ2v) is 5.75. The summed E-state index contributed by atoms with van der Waals surface area (Å²) in [6.45, 7) is 0. The summed E-state index contributed by atoms with van der Waals surface area (Å²) in [6.07, 6.45) is 12.5. The van der Waals surface area contributed by atoms with Gasteiger partial charge in [0.2, 0.25) is 0 Å². The van der Waals surface area contributed by atoms with Crippen LogP contribution in [0.25, 0.3) is 0 Å². The fourth-order valence-corrected chi connectivity index (χ4v) is 4.38. The van der Waals surface area contributed by atoms with E-state index in [0.29, 0.717) is 0 Å². The van der Waals surface area contributed by atoms with Crippen molar-refractivity contribution >= 4 is 6.29 Å². The summed E-state index contributed by atoms with van der Waals surface area (Å²) in [5.41, 5.74) is 1.74. The van der Waals surface area contributed by atoms with E-state index < -0.39 is 0 Å². The van der Waals surface area contributed by atoms with Crippen LogP contribution in [-0.4, -0.2) is 6.29 Å². The van der Waals surface area contributed by atoms with E-state index in [1.54, 1.807) is 5.57 Å². The van der Waals surface area contributed by atoms with Crippen molar-refractivity contribution < 1.29 is 4.79 Å². The van der Waals surface area contributed by atoms with Gasteiger partial charge in [-0.15, -0.1) is 0 Å². The molecule has 0 spiro atoms. The van der Waals surface area contributed by atoms with Crippen molar-refractivity contribution in [3.63, 3.8) is 0 Å². The molecule has 0 aromatic heterocycles. The summed E-state index contributed by atoms with van der Waals surface area (Å²) in [5.74, 6) is 3.92. The third-order valence-electron chi connectivity index (χ3n) is 4.75. The molecule has 0 atom stereocenters. The van der Waals surface area contributed by atoms with E-state index in [-0.39, 0.29) is 0 Å². The molecule has 0 heterocycles. The van der Waals surface area contributed by atoms with Gasteiger partial charge < -0.3 is 4.79 Å². The van der Waals surface area contributed by atoms with Gasteiger partial charge in [0.05, 0.1) is 0 Å². The fourth-order valence-electron chi connectivity index (χ4n) is 4.38. The Morgan fingerprint density at radius 1 is 0.933 bits per heavy atom. The highest BCUT2D eigenvalue weighted by molar-refractivity contribution is 5.49. The van der Waals surface area contributed by atoms with Gasteiger partial charge in [-0.3, -0.25) is 0 Å². The summed E-state index contributed by atoms with van der Waals surface area (Å²) >= 11 is 0. The average Bonchev–Trinajstić information content (AvgIpc) is 2.21. The molecular formula is C14H20O. The summed E-state index contributed by atoms with van der Waals surface area (Å²) in [6, 6.07) is 0. The van der Waals surface area contributed by atoms with Crippen LogP contribution in [-0.2, 0) is 4.79 Å². The Balaban J connectivity index is 1.74. The monoisotopic (exact) mass is 204 g/mol. The zero-order valence-corrected chi connectivity index (χ0v) is 9.32. The second-order valence-electron chi connectivity index (χ2n) is 5.75. The highest BCUT2D eigenvalue weighted by Gasteiger charge is 2.44. The van der Waals surface area contributed by atoms with E-state index in [2.05, 4.69) is 6.08 Å². The lowest BCUT2D eigenvalue weighted by molar-refractivity contribution is -0.107. The molecule has 4 rings (SSSR count). The predicted octanol–water partition coefficient (Wildman–Crippen LogP) is 3.35. The van der Waals surface area contributed by atoms with Gasteiger partial charge in [0.15, 0.2) is 0 Å². The third kappa shape index (κ3) is 1.66. The molecule has 1 nitrogen and oxygen atoms in total. The van der Waals surface area contributed by atoms with Crippen molar-refractivity contribution in [2.24, 2.45) is 23.7 Å². The molecular weight excluding hydrogens is 184 g/mol. The normalized spacial score (nSPS) is 42.0. The predicted molar refractivity (Wildman–Crippen MR) is 60.4 cm³/mol. The van der Waals surface area contributed by atoms with Gasteiger partial charge in [-0.1, -0.05) is 11.6 Å². The molecule has 4 bridgehead atoms. The van der Waals surface area contributed by atoms with Gasteiger partial charge in [0.25, 0.3) is 0 Å². The van der Waals surface area contributed by atoms with Crippen LogP contribution in [0.1, 0.15) is 44.9 Å². The van der Waals surface area contributed by atoms with E-state index in [1.807, 2.05) is 0 Å². The molecule has 0 saturated heterocycles. The highest BCUT2D eigenvalue weighted by atomic mass is 16.1. The van der Waals surface area contributed by atoms with Crippen LogP contribution in [0.5, 0.6) is 0 Å². The van der Waals surface area contributed by atoms with Crippen LogP contribution < -0.4 is 0 Å². The van der Waals surface area contributed by atoms with Gasteiger partial charge in [-0.05, 0) is 62.2 Å². The van der Waals surface area contributed by atoms with Gasteiger partial charge in [-0.2, -0.15) is 0 Å². The molecule has 0 unspecified atom stereocenters. The lowest BCUT2D eigenvalue weighted by Crippen LogP contribution is -2.40. The molecule has 4 aliphatic carbocycles. The number of hydrogen-bond acceptors (Lipinski definition) is 1. The van der Waals surface area contributed by atoms with Crippen molar-refractivity contribution in [2.75, 3.05) is 0 Å². The molecule has 0 aliphatic heterocycles. The maximum absolute atomic E-state index is 10.3. The molecule has 0 aromatic carbocycles. The fraction of sp³-hybridized carbons (Fsp3) is 0.786. The average molecular weight is 204 g/mol. The number of aldehydes is 1. The number of hydrogen-bond donors (Lipinski definition) is 0. The summed E-state index contributed by atoms with van der Waals surface area (Å²) < 4.78 is 0. The van der Waals surface area contributed by atoms with Crippen molar-refractivity contribution in [3.8, 4) is 0 Å². The lowest BCUT2D eigenvalue weighted by Gasteiger charge is -2.51. The Morgan fingerprint density at radius 2 is 1.53 bits per heavy atom. The minimum Gasteiger partial charge on any atom is -0.303 e. The zero-order chi connectivity index (χ0) is 10.3. The minimum absolute atomic E-state index is 0.718. The molecule has 4 fully saturated rings. The van der Waals surface area contributed by atoms with Crippen molar-refractivity contribution in [2.45, 2.75) is 44.9 Å². The van der Waals surface area contributed by atoms with Gasteiger partial charge in [0, 0.05) is 6.42 Å². The molecule has 4 aliphatic rings. The van der Waals surface area contributed by atoms with Gasteiger partial charge in [0.1, 0.15) is 6.29 Å². The van der Waals surface area contributed by atoms with Gasteiger partial charge in [-0.25, -0.2) is 0 Å². The maximum Gasteiger partial charge on any atom is 0.120 e. The first-order chi connectivity index (χ1) is 7.36. The van der Waals surface area contributed by atoms with E-state index in [0.717, 1.165) is 42.8 Å². The molecule has 1 heteroatoms. The summed E-state index contributed by atoms with van der Waals surface area (Å²) in [4.78, 5) is 10.3. The Bertz CT molecular complexity index is 260. The second kappa shape index (κ2) is 3.77. The molecule has 15 heavy (non-hydrogen) atoms. The minimum atomic E-state index is 0.718. The highest BCUT2D eigenvalue weighted by Crippen LogP contribution is 2.56. The Morgan fingerprint density at radius 3 is 2.07 bits per heavy atom. The van der Waals surface area contributed by atoms with E-state index in [1.165, 1.54) is 32.1 Å². The molecule has 82 valence electrons. The Hall–Kier alpha value is -0.590. The maximum atomic E-state index is 10.3. The summed E-state index contributed by atoms with van der Waals surface area (Å²) in [5, 5.41) is 0. The first kappa shape index (κ1) is 9.62. The largest absolute Gasteiger partial charge is 0.303 e. The molecule has 0 N–H and O–H groups in total. The molecule has 0 radical (unpaired) electrons. The summed E-state index contributed by atoms with van der Waals surface area (Å²) in [7, 11) is 0. The molecule has 0 amide bonds. The topological polar surface area (TPSA) is 17.1 Å². The van der Waals surface area contributed by atoms with Crippen LogP contribution in [0.2, 0.25) is 0 Å². The van der Waals surface area contributed by atoms with Crippen molar-refractivity contribution in [3.05, 3.63) is 11.6 Å².